The van der Waals surface area contributed by atoms with Crippen LogP contribution in [0, 0.1) is 11.8 Å². The number of carbonyl (C=O) groups excluding carboxylic acids is 2. The minimum absolute atomic E-state index is 0.0513. The Morgan fingerprint density at radius 2 is 1.95 bits per heavy atom. The number of aliphatic imine (C=N–C) groups is 1. The summed E-state index contributed by atoms with van der Waals surface area (Å²) in [7, 11) is 0. The Hall–Kier alpha value is -3.26. The predicted molar refractivity (Wildman–Crippen MR) is 147 cm³/mol. The second-order valence-electron chi connectivity index (χ2n) is 10.5. The van der Waals surface area contributed by atoms with Gasteiger partial charge in [-0.05, 0) is 56.1 Å². The van der Waals surface area contributed by atoms with Gasteiger partial charge in [0.05, 0.1) is 24.4 Å². The molecule has 4 aliphatic rings. The van der Waals surface area contributed by atoms with Crippen molar-refractivity contribution in [2.75, 3.05) is 18.4 Å². The number of hydrogen-bond donors (Lipinski definition) is 2. The molecule has 1 aromatic heterocycles. The number of carbonyl (C=O) groups is 2. The van der Waals surface area contributed by atoms with Crippen LogP contribution in [0.15, 0.2) is 47.7 Å². The van der Waals surface area contributed by atoms with Crippen LogP contribution in [-0.2, 0) is 24.2 Å². The quantitative estimate of drug-likeness (QED) is 0.506. The zero-order valence-corrected chi connectivity index (χ0v) is 22.2. The molecular weight excluding hydrogens is 482 g/mol. The molecular formula is C29H34N5O2S+. The summed E-state index contributed by atoms with van der Waals surface area (Å²) in [5.74, 6) is 1.63. The van der Waals surface area contributed by atoms with E-state index in [0.29, 0.717) is 24.4 Å². The zero-order valence-electron chi connectivity index (χ0n) is 21.3. The van der Waals surface area contributed by atoms with Gasteiger partial charge in [-0.2, -0.15) is 0 Å². The van der Waals surface area contributed by atoms with Gasteiger partial charge < -0.3 is 10.6 Å². The lowest BCUT2D eigenvalue weighted by molar-refractivity contribution is -0.338. The van der Waals surface area contributed by atoms with Gasteiger partial charge in [-0.25, -0.2) is 4.58 Å². The number of anilines is 1. The summed E-state index contributed by atoms with van der Waals surface area (Å²) in [5, 5.41) is 6.99. The molecule has 8 heteroatoms. The molecule has 2 amide bonds. The molecule has 2 fully saturated rings. The van der Waals surface area contributed by atoms with Crippen LogP contribution in [-0.4, -0.2) is 46.1 Å². The highest BCUT2D eigenvalue weighted by Crippen LogP contribution is 2.40. The summed E-state index contributed by atoms with van der Waals surface area (Å²) in [6.07, 6.45) is 10.6. The molecule has 1 aliphatic heterocycles. The van der Waals surface area contributed by atoms with Gasteiger partial charge in [0.15, 0.2) is 0 Å². The lowest BCUT2D eigenvalue weighted by Crippen LogP contribution is -2.39. The lowest BCUT2D eigenvalue weighted by atomic mass is 9.93. The van der Waals surface area contributed by atoms with Crippen molar-refractivity contribution >= 4 is 39.8 Å². The minimum atomic E-state index is -0.0538. The Bertz CT molecular complexity index is 1300. The smallest absolute Gasteiger partial charge is 0.352 e. The van der Waals surface area contributed by atoms with Gasteiger partial charge in [-0.1, -0.05) is 35.3 Å². The average molecular weight is 517 g/mol. The highest BCUT2D eigenvalue weighted by molar-refractivity contribution is 7.17. The zero-order chi connectivity index (χ0) is 25.4. The number of amides is 2. The fourth-order valence-corrected chi connectivity index (χ4v) is 6.31. The topological polar surface area (TPSA) is 76.8 Å². The number of rotatable bonds is 8. The van der Waals surface area contributed by atoms with E-state index in [9.17, 15) is 9.59 Å². The number of benzene rings is 1. The normalized spacial score (nSPS) is 20.4. The van der Waals surface area contributed by atoms with Crippen molar-refractivity contribution in [1.82, 2.24) is 10.2 Å². The monoisotopic (exact) mass is 516 g/mol. The standard InChI is InChI=1S/C29H33N5O2S/c1-2-33(18-20-6-4-3-5-7-20)29-30-14-15-34(29)22-12-13-24-23(16-22)25(27(36)31-17-19-8-9-19)28(37-24)32-26(35)21-10-11-21/h3-7,14-15,19,21H,2,8-13,16-18H2,1H3,(H-,31,32,35,36)/p+1/b34-22+. The maximum atomic E-state index is 13.4. The molecule has 192 valence electrons. The third-order valence-electron chi connectivity index (χ3n) is 7.62. The van der Waals surface area contributed by atoms with Gasteiger partial charge in [0.25, 0.3) is 5.91 Å². The van der Waals surface area contributed by atoms with Gasteiger partial charge in [-0.3, -0.25) is 14.5 Å². The summed E-state index contributed by atoms with van der Waals surface area (Å²) >= 11 is 1.59. The van der Waals surface area contributed by atoms with Crippen LogP contribution in [0.2, 0.25) is 0 Å². The second-order valence-corrected chi connectivity index (χ2v) is 11.6. The molecule has 2 aromatic rings. The van der Waals surface area contributed by atoms with Crippen molar-refractivity contribution in [2.45, 2.75) is 58.4 Å². The molecule has 0 radical (unpaired) electrons. The van der Waals surface area contributed by atoms with Gasteiger partial charge >= 0.3 is 5.96 Å². The number of hydrogen-bond acceptors (Lipinski definition) is 5. The summed E-state index contributed by atoms with van der Waals surface area (Å²) < 4.78 is 2.21. The number of guanidine groups is 1. The van der Waals surface area contributed by atoms with Crippen molar-refractivity contribution in [2.24, 2.45) is 16.8 Å². The highest BCUT2D eigenvalue weighted by atomic mass is 32.1. The maximum absolute atomic E-state index is 13.4. The largest absolute Gasteiger partial charge is 0.398 e. The first-order valence-corrected chi connectivity index (χ1v) is 14.3. The molecule has 3 aliphatic carbocycles. The fraction of sp³-hybridized carbons (Fsp3) is 0.448. The van der Waals surface area contributed by atoms with Crippen LogP contribution in [0.5, 0.6) is 0 Å². The molecule has 7 nitrogen and oxygen atoms in total. The number of aryl methyl sites for hydroxylation is 1. The van der Waals surface area contributed by atoms with E-state index in [2.05, 4.69) is 51.3 Å². The molecule has 1 aromatic carbocycles. The first kappa shape index (κ1) is 24.1. The van der Waals surface area contributed by atoms with E-state index in [1.54, 1.807) is 11.3 Å². The SMILES string of the molecule is CCN(Cc1ccccc1)C1=NC=C/[N+]1=C1/CCc2sc(NC(=O)C3CC3)c(C(=O)NCC3CC3)c2C1. The Labute approximate surface area is 222 Å². The summed E-state index contributed by atoms with van der Waals surface area (Å²) in [6, 6.07) is 10.5. The maximum Gasteiger partial charge on any atom is 0.398 e. The van der Waals surface area contributed by atoms with Crippen molar-refractivity contribution < 1.29 is 14.2 Å². The third kappa shape index (κ3) is 5.25. The summed E-state index contributed by atoms with van der Waals surface area (Å²) in [6.45, 7) is 4.50. The number of thiophene rings is 1. The molecule has 0 spiro atoms. The molecule has 0 bridgehead atoms. The van der Waals surface area contributed by atoms with E-state index in [4.69, 9.17) is 4.99 Å². The van der Waals surface area contributed by atoms with E-state index < -0.39 is 0 Å². The van der Waals surface area contributed by atoms with Crippen LogP contribution in [0.4, 0.5) is 5.00 Å². The Kier molecular flexibility index (Phi) is 6.67. The first-order valence-electron chi connectivity index (χ1n) is 13.5. The first-order chi connectivity index (χ1) is 18.1. The molecule has 0 atom stereocenters. The van der Waals surface area contributed by atoms with E-state index in [0.717, 1.165) is 55.3 Å². The Morgan fingerprint density at radius 1 is 1.14 bits per heavy atom. The Balaban J connectivity index is 1.29. The van der Waals surface area contributed by atoms with Crippen LogP contribution in [0.25, 0.3) is 0 Å². The minimum Gasteiger partial charge on any atom is -0.352 e. The van der Waals surface area contributed by atoms with Gasteiger partial charge in [0.1, 0.15) is 17.4 Å². The molecule has 0 unspecified atom stereocenters. The van der Waals surface area contributed by atoms with Crippen LogP contribution in [0.1, 0.15) is 65.4 Å². The molecule has 2 saturated carbocycles. The van der Waals surface area contributed by atoms with Crippen LogP contribution in [0.3, 0.4) is 0 Å². The van der Waals surface area contributed by atoms with Gasteiger partial charge in [0.2, 0.25) is 5.91 Å². The van der Waals surface area contributed by atoms with Crippen LogP contribution >= 0.6 is 11.3 Å². The van der Waals surface area contributed by atoms with E-state index in [1.165, 1.54) is 29.0 Å². The van der Waals surface area contributed by atoms with Crippen molar-refractivity contribution in [3.63, 3.8) is 0 Å². The molecule has 2 N–H and O–H groups in total. The molecule has 6 rings (SSSR count). The Morgan fingerprint density at radius 3 is 2.68 bits per heavy atom. The second kappa shape index (κ2) is 10.2. The summed E-state index contributed by atoms with van der Waals surface area (Å²) in [4.78, 5) is 34.3. The predicted octanol–water partition coefficient (Wildman–Crippen LogP) is 4.54. The molecule has 0 saturated heterocycles. The van der Waals surface area contributed by atoms with E-state index >= 15 is 0 Å². The average Bonchev–Trinajstić information content (AvgIpc) is 3.85. The number of fused-ring (bicyclic) bond motifs is 1. The third-order valence-corrected chi connectivity index (χ3v) is 8.82. The van der Waals surface area contributed by atoms with E-state index in [-0.39, 0.29) is 17.7 Å². The van der Waals surface area contributed by atoms with Crippen molar-refractivity contribution in [3.8, 4) is 0 Å². The van der Waals surface area contributed by atoms with Crippen molar-refractivity contribution in [1.29, 1.82) is 0 Å². The summed E-state index contributed by atoms with van der Waals surface area (Å²) in [5.41, 5.74) is 4.22. The molecule has 2 heterocycles. The highest BCUT2D eigenvalue weighted by Gasteiger charge is 2.35. The van der Waals surface area contributed by atoms with Gasteiger partial charge in [0, 0.05) is 30.2 Å². The fourth-order valence-electron chi connectivity index (χ4n) is 5.10. The van der Waals surface area contributed by atoms with Crippen molar-refractivity contribution in [3.05, 3.63) is 64.3 Å². The number of nitrogens with zero attached hydrogens (tertiary/aromatic N) is 3. The number of nitrogens with one attached hydrogen (secondary N) is 2. The van der Waals surface area contributed by atoms with E-state index in [1.807, 2.05) is 18.5 Å². The molecule has 37 heavy (non-hydrogen) atoms. The lowest BCUT2D eigenvalue weighted by Gasteiger charge is -2.21. The van der Waals surface area contributed by atoms with Crippen LogP contribution < -0.4 is 10.6 Å². The van der Waals surface area contributed by atoms with Gasteiger partial charge in [-0.15, -0.1) is 11.3 Å².